The van der Waals surface area contributed by atoms with E-state index < -0.39 is 29.0 Å². The predicted octanol–water partition coefficient (Wildman–Crippen LogP) is 2.87. The zero-order valence-electron chi connectivity index (χ0n) is 15.8. The fraction of sp³-hybridized carbons (Fsp3) is 0.190. The molecule has 3 rings (SSSR count). The molecule has 1 aromatic heterocycles. The van der Waals surface area contributed by atoms with Crippen molar-refractivity contribution < 1.29 is 29.0 Å². The molecule has 0 aliphatic carbocycles. The zero-order chi connectivity index (χ0) is 21.1. The molecular formula is C21H19NO7. The first-order valence-electron chi connectivity index (χ1n) is 8.86. The SMILES string of the molecule is CCOC(=O)c1cccc(NC(=O)Cc2c(C)c3ccc(O)c(O)c3oc2=O)c1. The summed E-state index contributed by atoms with van der Waals surface area (Å²) in [5.41, 5.74) is 0.334. The van der Waals surface area contributed by atoms with Gasteiger partial charge in [0.25, 0.3) is 0 Å². The van der Waals surface area contributed by atoms with Gasteiger partial charge in [0.2, 0.25) is 11.7 Å². The van der Waals surface area contributed by atoms with Gasteiger partial charge in [0.15, 0.2) is 11.3 Å². The summed E-state index contributed by atoms with van der Waals surface area (Å²) in [5.74, 6) is -1.93. The van der Waals surface area contributed by atoms with E-state index in [0.717, 1.165) is 0 Å². The van der Waals surface area contributed by atoms with E-state index in [1.165, 1.54) is 18.2 Å². The van der Waals surface area contributed by atoms with Crippen LogP contribution < -0.4 is 10.9 Å². The number of ether oxygens (including phenoxy) is 1. The number of carbonyl (C=O) groups is 2. The van der Waals surface area contributed by atoms with Crippen LogP contribution >= 0.6 is 0 Å². The van der Waals surface area contributed by atoms with Crippen molar-refractivity contribution in [3.8, 4) is 11.5 Å². The Hall–Kier alpha value is -3.81. The van der Waals surface area contributed by atoms with Gasteiger partial charge in [0.1, 0.15) is 0 Å². The second-order valence-corrected chi connectivity index (χ2v) is 6.33. The lowest BCUT2D eigenvalue weighted by atomic mass is 10.0. The number of hydrogen-bond acceptors (Lipinski definition) is 7. The van der Waals surface area contributed by atoms with Gasteiger partial charge in [-0.15, -0.1) is 0 Å². The molecule has 3 N–H and O–H groups in total. The van der Waals surface area contributed by atoms with Gasteiger partial charge in [-0.25, -0.2) is 9.59 Å². The Labute approximate surface area is 165 Å². The van der Waals surface area contributed by atoms with Crippen molar-refractivity contribution in [2.24, 2.45) is 0 Å². The predicted molar refractivity (Wildman–Crippen MR) is 105 cm³/mol. The molecular weight excluding hydrogens is 378 g/mol. The summed E-state index contributed by atoms with van der Waals surface area (Å²) >= 11 is 0. The van der Waals surface area contributed by atoms with Gasteiger partial charge in [0.05, 0.1) is 24.2 Å². The third-order valence-electron chi connectivity index (χ3n) is 4.40. The minimum Gasteiger partial charge on any atom is -0.504 e. The summed E-state index contributed by atoms with van der Waals surface area (Å²) in [7, 11) is 0. The Morgan fingerprint density at radius 2 is 1.93 bits per heavy atom. The molecule has 0 aliphatic rings. The third kappa shape index (κ3) is 4.06. The largest absolute Gasteiger partial charge is 0.504 e. The molecule has 8 heteroatoms. The van der Waals surface area contributed by atoms with Crippen molar-refractivity contribution in [3.63, 3.8) is 0 Å². The van der Waals surface area contributed by atoms with Crippen LogP contribution in [0.2, 0.25) is 0 Å². The number of amides is 1. The number of phenolic OH excluding ortho intramolecular Hbond substituents is 2. The van der Waals surface area contributed by atoms with Crippen molar-refractivity contribution in [1.82, 2.24) is 0 Å². The van der Waals surface area contributed by atoms with Crippen LogP contribution in [0.4, 0.5) is 5.69 Å². The van der Waals surface area contributed by atoms with Gasteiger partial charge >= 0.3 is 11.6 Å². The summed E-state index contributed by atoms with van der Waals surface area (Å²) in [6.07, 6.45) is -0.268. The molecule has 0 saturated heterocycles. The van der Waals surface area contributed by atoms with Crippen LogP contribution in [0, 0.1) is 6.92 Å². The average molecular weight is 397 g/mol. The Morgan fingerprint density at radius 3 is 2.66 bits per heavy atom. The molecule has 0 atom stereocenters. The van der Waals surface area contributed by atoms with Crippen LogP contribution in [0.15, 0.2) is 45.6 Å². The maximum atomic E-state index is 12.5. The monoisotopic (exact) mass is 397 g/mol. The fourth-order valence-corrected chi connectivity index (χ4v) is 2.94. The minimum atomic E-state index is -0.786. The van der Waals surface area contributed by atoms with Crippen molar-refractivity contribution in [2.45, 2.75) is 20.3 Å². The van der Waals surface area contributed by atoms with Gasteiger partial charge in [-0.2, -0.15) is 0 Å². The lowest BCUT2D eigenvalue weighted by molar-refractivity contribution is -0.115. The highest BCUT2D eigenvalue weighted by atomic mass is 16.5. The van der Waals surface area contributed by atoms with Crippen LogP contribution in [0.1, 0.15) is 28.4 Å². The molecule has 29 heavy (non-hydrogen) atoms. The number of hydrogen-bond donors (Lipinski definition) is 3. The van der Waals surface area contributed by atoms with Crippen LogP contribution in [-0.2, 0) is 16.0 Å². The molecule has 0 aliphatic heterocycles. The van der Waals surface area contributed by atoms with Gasteiger partial charge in [-0.05, 0) is 49.7 Å². The van der Waals surface area contributed by atoms with E-state index in [4.69, 9.17) is 9.15 Å². The molecule has 150 valence electrons. The number of esters is 1. The highest BCUT2D eigenvalue weighted by molar-refractivity contribution is 5.96. The summed E-state index contributed by atoms with van der Waals surface area (Å²) in [4.78, 5) is 36.6. The van der Waals surface area contributed by atoms with Crippen LogP contribution in [0.25, 0.3) is 11.0 Å². The van der Waals surface area contributed by atoms with E-state index in [2.05, 4.69) is 5.32 Å². The van der Waals surface area contributed by atoms with E-state index in [-0.39, 0.29) is 24.2 Å². The molecule has 0 unspecified atom stereocenters. The number of anilines is 1. The molecule has 1 heterocycles. The second kappa shape index (κ2) is 8.05. The van der Waals surface area contributed by atoms with E-state index in [0.29, 0.717) is 22.2 Å². The van der Waals surface area contributed by atoms with Crippen LogP contribution in [-0.4, -0.2) is 28.7 Å². The molecule has 3 aromatic rings. The maximum Gasteiger partial charge on any atom is 0.340 e. The number of aromatic hydroxyl groups is 2. The molecule has 0 bridgehead atoms. The van der Waals surface area contributed by atoms with E-state index >= 15 is 0 Å². The van der Waals surface area contributed by atoms with E-state index in [1.807, 2.05) is 0 Å². The van der Waals surface area contributed by atoms with E-state index in [9.17, 15) is 24.6 Å². The summed E-state index contributed by atoms with van der Waals surface area (Å²) in [6.45, 7) is 3.56. The topological polar surface area (TPSA) is 126 Å². The normalized spacial score (nSPS) is 10.7. The molecule has 0 saturated carbocycles. The molecule has 0 radical (unpaired) electrons. The Kier molecular flexibility index (Phi) is 5.54. The van der Waals surface area contributed by atoms with Crippen molar-refractivity contribution in [2.75, 3.05) is 11.9 Å². The molecule has 0 fully saturated rings. The number of carbonyl (C=O) groups excluding carboxylic acids is 2. The Balaban J connectivity index is 1.86. The number of fused-ring (bicyclic) bond motifs is 1. The molecule has 2 aromatic carbocycles. The summed E-state index contributed by atoms with van der Waals surface area (Å²) < 4.78 is 10.0. The molecule has 8 nitrogen and oxygen atoms in total. The molecule has 0 spiro atoms. The summed E-state index contributed by atoms with van der Waals surface area (Å²) in [6, 6.07) is 9.02. The number of nitrogens with one attached hydrogen (secondary N) is 1. The number of aryl methyl sites for hydroxylation is 1. The van der Waals surface area contributed by atoms with Crippen molar-refractivity contribution in [1.29, 1.82) is 0 Å². The van der Waals surface area contributed by atoms with Gasteiger partial charge < -0.3 is 24.7 Å². The van der Waals surface area contributed by atoms with Crippen LogP contribution in [0.3, 0.4) is 0 Å². The van der Waals surface area contributed by atoms with E-state index in [1.54, 1.807) is 32.0 Å². The minimum absolute atomic E-state index is 0.127. The highest BCUT2D eigenvalue weighted by Crippen LogP contribution is 2.34. The smallest absolute Gasteiger partial charge is 0.340 e. The lowest BCUT2D eigenvalue weighted by Gasteiger charge is -2.10. The first-order valence-corrected chi connectivity index (χ1v) is 8.86. The number of phenols is 2. The van der Waals surface area contributed by atoms with Crippen LogP contribution in [0.5, 0.6) is 11.5 Å². The second-order valence-electron chi connectivity index (χ2n) is 6.33. The first-order chi connectivity index (χ1) is 13.8. The lowest BCUT2D eigenvalue weighted by Crippen LogP contribution is -2.21. The van der Waals surface area contributed by atoms with Gasteiger partial charge in [0, 0.05) is 11.1 Å². The fourth-order valence-electron chi connectivity index (χ4n) is 2.94. The van der Waals surface area contributed by atoms with Gasteiger partial charge in [-0.3, -0.25) is 4.79 Å². The number of benzene rings is 2. The average Bonchev–Trinajstić information content (AvgIpc) is 2.69. The van der Waals surface area contributed by atoms with Gasteiger partial charge in [-0.1, -0.05) is 6.07 Å². The molecule has 1 amide bonds. The summed E-state index contributed by atoms with van der Waals surface area (Å²) in [5, 5.41) is 22.5. The zero-order valence-corrected chi connectivity index (χ0v) is 15.8. The quantitative estimate of drug-likeness (QED) is 0.343. The Morgan fingerprint density at radius 1 is 1.17 bits per heavy atom. The standard InChI is InChI=1S/C21H19NO7/c1-3-28-20(26)12-5-4-6-13(9-12)22-17(24)10-15-11(2)14-7-8-16(23)18(25)19(14)29-21(15)27/h4-9,23,25H,3,10H2,1-2H3,(H,22,24). The van der Waals surface area contributed by atoms with Crippen molar-refractivity contribution in [3.05, 3.63) is 63.5 Å². The van der Waals surface area contributed by atoms with Crippen molar-refractivity contribution >= 4 is 28.5 Å². The highest BCUT2D eigenvalue weighted by Gasteiger charge is 2.18. The first kappa shape index (κ1) is 19.9. The maximum absolute atomic E-state index is 12.5. The third-order valence-corrected chi connectivity index (χ3v) is 4.40. The number of rotatable bonds is 5. The Bertz CT molecular complexity index is 1160.